The van der Waals surface area contributed by atoms with E-state index < -0.39 is 0 Å². The van der Waals surface area contributed by atoms with E-state index in [0.29, 0.717) is 0 Å². The number of hydrogen-bond acceptors (Lipinski definition) is 3. The molecule has 15 heavy (non-hydrogen) atoms. The summed E-state index contributed by atoms with van der Waals surface area (Å²) < 4.78 is 0.841. The zero-order valence-electron chi connectivity index (χ0n) is 9.22. The summed E-state index contributed by atoms with van der Waals surface area (Å²) in [6, 6.07) is 4.03. The summed E-state index contributed by atoms with van der Waals surface area (Å²) in [5.74, 6) is 0. The Balaban J connectivity index is 2.44. The summed E-state index contributed by atoms with van der Waals surface area (Å²) >= 11 is 7.55. The Bertz CT molecular complexity index is 299. The lowest BCUT2D eigenvalue weighted by molar-refractivity contribution is 0.284. The highest BCUT2D eigenvalue weighted by Crippen LogP contribution is 2.31. The van der Waals surface area contributed by atoms with E-state index in [-0.39, 0.29) is 12.0 Å². The fraction of sp³-hybridized carbons (Fsp3) is 0.636. The van der Waals surface area contributed by atoms with Crippen LogP contribution in [0.25, 0.3) is 0 Å². The number of aliphatic hydroxyl groups is 1. The van der Waals surface area contributed by atoms with Gasteiger partial charge in [-0.15, -0.1) is 11.3 Å². The molecule has 0 unspecified atom stereocenters. The predicted octanol–water partition coefficient (Wildman–Crippen LogP) is 2.65. The topological polar surface area (TPSA) is 32.3 Å². The van der Waals surface area contributed by atoms with E-state index >= 15 is 0 Å². The Hall–Kier alpha value is -0.0900. The largest absolute Gasteiger partial charge is 0.396 e. The third kappa shape index (κ3) is 4.11. The molecule has 0 aliphatic heterocycles. The highest BCUT2D eigenvalue weighted by atomic mass is 35.5. The fourth-order valence-corrected chi connectivity index (χ4v) is 2.51. The maximum absolute atomic E-state index is 8.66. The summed E-state index contributed by atoms with van der Waals surface area (Å²) in [5.41, 5.74) is 0.104. The van der Waals surface area contributed by atoms with Crippen molar-refractivity contribution in [2.24, 2.45) is 0 Å². The van der Waals surface area contributed by atoms with Crippen LogP contribution >= 0.6 is 22.9 Å². The van der Waals surface area contributed by atoms with Gasteiger partial charge in [0, 0.05) is 23.4 Å². The molecule has 2 nitrogen and oxygen atoms in total. The van der Waals surface area contributed by atoms with Crippen LogP contribution in [0.4, 0.5) is 0 Å². The number of aliphatic hydroxyl groups excluding tert-OH is 1. The molecule has 0 aliphatic rings. The quantitative estimate of drug-likeness (QED) is 0.758. The molecule has 0 aromatic carbocycles. The summed E-state index contributed by atoms with van der Waals surface area (Å²) in [5, 5.41) is 12.0. The lowest BCUT2D eigenvalue weighted by atomic mass is 9.91. The number of thiophene rings is 1. The van der Waals surface area contributed by atoms with Gasteiger partial charge in [0.15, 0.2) is 0 Å². The molecule has 0 aliphatic carbocycles. The standard InChI is InChI=1S/C11H18ClNOS/c1-11(2,8-13-6-3-7-14)9-4-5-10(12)15-9/h4-5,13-14H,3,6-8H2,1-2H3. The third-order valence-corrected chi connectivity index (χ3v) is 3.92. The first-order valence-corrected chi connectivity index (χ1v) is 6.33. The van der Waals surface area contributed by atoms with Crippen LogP contribution in [-0.2, 0) is 5.41 Å². The molecule has 4 heteroatoms. The highest BCUT2D eigenvalue weighted by molar-refractivity contribution is 7.16. The van der Waals surface area contributed by atoms with E-state index in [1.807, 2.05) is 6.07 Å². The molecule has 0 saturated carbocycles. The second-order valence-corrected chi connectivity index (χ2v) is 5.96. The van der Waals surface area contributed by atoms with Crippen LogP contribution in [0.2, 0.25) is 4.34 Å². The van der Waals surface area contributed by atoms with E-state index in [1.165, 1.54) is 4.88 Å². The molecule has 2 N–H and O–H groups in total. The summed E-state index contributed by atoms with van der Waals surface area (Å²) in [6.45, 7) is 6.41. The maximum atomic E-state index is 8.66. The summed E-state index contributed by atoms with van der Waals surface area (Å²) in [4.78, 5) is 1.30. The van der Waals surface area contributed by atoms with Crippen molar-refractivity contribution in [1.82, 2.24) is 5.32 Å². The van der Waals surface area contributed by atoms with Gasteiger partial charge in [0.25, 0.3) is 0 Å². The molecule has 0 fully saturated rings. The zero-order valence-corrected chi connectivity index (χ0v) is 10.8. The van der Waals surface area contributed by atoms with Gasteiger partial charge in [0.05, 0.1) is 4.34 Å². The van der Waals surface area contributed by atoms with Gasteiger partial charge in [-0.25, -0.2) is 0 Å². The van der Waals surface area contributed by atoms with Crippen molar-refractivity contribution in [3.8, 4) is 0 Å². The summed E-state index contributed by atoms with van der Waals surface area (Å²) in [6.07, 6.45) is 0.807. The van der Waals surface area contributed by atoms with E-state index in [1.54, 1.807) is 11.3 Å². The Labute approximate surface area is 100 Å². The van der Waals surface area contributed by atoms with Crippen LogP contribution < -0.4 is 5.32 Å². The predicted molar refractivity (Wildman–Crippen MR) is 66.9 cm³/mol. The Morgan fingerprint density at radius 3 is 2.73 bits per heavy atom. The number of rotatable bonds is 6. The molecule has 1 aromatic heterocycles. The van der Waals surface area contributed by atoms with Crippen LogP contribution in [0, 0.1) is 0 Å². The van der Waals surface area contributed by atoms with Gasteiger partial charge in [-0.3, -0.25) is 0 Å². The number of hydrogen-bond donors (Lipinski definition) is 2. The fourth-order valence-electron chi connectivity index (χ4n) is 1.37. The minimum Gasteiger partial charge on any atom is -0.396 e. The molecule has 0 spiro atoms. The van der Waals surface area contributed by atoms with Crippen molar-refractivity contribution >= 4 is 22.9 Å². The first-order chi connectivity index (χ1) is 7.06. The zero-order chi connectivity index (χ0) is 11.3. The molecule has 0 bridgehead atoms. The lowest BCUT2D eigenvalue weighted by Gasteiger charge is -2.23. The Morgan fingerprint density at radius 1 is 1.47 bits per heavy atom. The number of nitrogens with one attached hydrogen (secondary N) is 1. The highest BCUT2D eigenvalue weighted by Gasteiger charge is 2.21. The average Bonchev–Trinajstić information content (AvgIpc) is 2.60. The second kappa shape index (κ2) is 5.85. The van der Waals surface area contributed by atoms with Crippen LogP contribution in [0.1, 0.15) is 25.1 Å². The van der Waals surface area contributed by atoms with Gasteiger partial charge in [0.1, 0.15) is 0 Å². The Kier molecular flexibility index (Phi) is 5.06. The van der Waals surface area contributed by atoms with Crippen LogP contribution in [0.5, 0.6) is 0 Å². The van der Waals surface area contributed by atoms with E-state index in [2.05, 4.69) is 25.2 Å². The second-order valence-electron chi connectivity index (χ2n) is 4.24. The monoisotopic (exact) mass is 247 g/mol. The van der Waals surface area contributed by atoms with Crippen molar-refractivity contribution in [2.45, 2.75) is 25.7 Å². The van der Waals surface area contributed by atoms with Gasteiger partial charge in [-0.2, -0.15) is 0 Å². The van der Waals surface area contributed by atoms with Crippen molar-refractivity contribution in [3.63, 3.8) is 0 Å². The Morgan fingerprint density at radius 2 is 2.20 bits per heavy atom. The van der Waals surface area contributed by atoms with Crippen molar-refractivity contribution in [3.05, 3.63) is 21.3 Å². The SMILES string of the molecule is CC(C)(CNCCCO)c1ccc(Cl)s1. The van der Waals surface area contributed by atoms with Gasteiger partial charge < -0.3 is 10.4 Å². The molecule has 0 radical (unpaired) electrons. The van der Waals surface area contributed by atoms with E-state index in [4.69, 9.17) is 16.7 Å². The van der Waals surface area contributed by atoms with Crippen molar-refractivity contribution in [2.75, 3.05) is 19.7 Å². The molecule has 0 atom stereocenters. The molecule has 0 amide bonds. The third-order valence-electron chi connectivity index (χ3n) is 2.32. The molecular weight excluding hydrogens is 230 g/mol. The first-order valence-electron chi connectivity index (χ1n) is 5.13. The summed E-state index contributed by atoms with van der Waals surface area (Å²) in [7, 11) is 0. The minimum atomic E-state index is 0.104. The van der Waals surface area contributed by atoms with Gasteiger partial charge in [-0.1, -0.05) is 25.4 Å². The van der Waals surface area contributed by atoms with E-state index in [0.717, 1.165) is 23.8 Å². The van der Waals surface area contributed by atoms with Gasteiger partial charge >= 0.3 is 0 Å². The molecule has 1 aromatic rings. The van der Waals surface area contributed by atoms with Crippen molar-refractivity contribution < 1.29 is 5.11 Å². The van der Waals surface area contributed by atoms with Gasteiger partial charge in [-0.05, 0) is 25.1 Å². The smallest absolute Gasteiger partial charge is 0.0931 e. The minimum absolute atomic E-state index is 0.104. The number of halogens is 1. The van der Waals surface area contributed by atoms with Crippen LogP contribution in [0.3, 0.4) is 0 Å². The molecule has 1 rings (SSSR count). The average molecular weight is 248 g/mol. The molecule has 86 valence electrons. The molecule has 1 heterocycles. The molecular formula is C11H18ClNOS. The van der Waals surface area contributed by atoms with E-state index in [9.17, 15) is 0 Å². The lowest BCUT2D eigenvalue weighted by Crippen LogP contribution is -2.33. The van der Waals surface area contributed by atoms with Crippen LogP contribution in [0.15, 0.2) is 12.1 Å². The normalized spacial score (nSPS) is 12.0. The van der Waals surface area contributed by atoms with Gasteiger partial charge in [0.2, 0.25) is 0 Å². The first kappa shape index (κ1) is 13.0. The van der Waals surface area contributed by atoms with Crippen molar-refractivity contribution in [1.29, 1.82) is 0 Å². The maximum Gasteiger partial charge on any atom is 0.0931 e. The van der Waals surface area contributed by atoms with Crippen LogP contribution in [-0.4, -0.2) is 24.8 Å². The molecule has 0 saturated heterocycles.